The number of rotatable bonds is 6. The molecular weight excluding hydrogens is 288 g/mol. The molecule has 0 aliphatic heterocycles. The second-order valence-electron chi connectivity index (χ2n) is 5.54. The van der Waals surface area contributed by atoms with Gasteiger partial charge in [-0.3, -0.25) is 0 Å². The van der Waals surface area contributed by atoms with Crippen LogP contribution in [0.15, 0.2) is 41.5 Å². The second kappa shape index (κ2) is 7.68. The Balaban J connectivity index is 2.07. The standard InChI is InChI=1S/C19H24N2O2/c1-13-6-7-14(2)17(10-13)15(3)21-20-12-16-8-9-18(22-4)19(11-16)23-5/h6-11,20H,12H2,1-5H3/b21-15-. The Labute approximate surface area is 138 Å². The molecule has 2 rings (SSSR count). The summed E-state index contributed by atoms with van der Waals surface area (Å²) in [6.45, 7) is 6.83. The van der Waals surface area contributed by atoms with Gasteiger partial charge in [0.25, 0.3) is 0 Å². The van der Waals surface area contributed by atoms with E-state index < -0.39 is 0 Å². The van der Waals surface area contributed by atoms with E-state index in [4.69, 9.17) is 9.47 Å². The average molecular weight is 312 g/mol. The number of hydrogen-bond acceptors (Lipinski definition) is 4. The maximum Gasteiger partial charge on any atom is 0.161 e. The molecule has 0 spiro atoms. The van der Waals surface area contributed by atoms with E-state index in [1.54, 1.807) is 14.2 Å². The molecule has 0 amide bonds. The molecule has 0 aliphatic carbocycles. The van der Waals surface area contributed by atoms with Crippen LogP contribution in [0.3, 0.4) is 0 Å². The lowest BCUT2D eigenvalue weighted by Crippen LogP contribution is -2.10. The minimum Gasteiger partial charge on any atom is -0.493 e. The third-order valence-corrected chi connectivity index (χ3v) is 3.76. The number of ether oxygens (including phenoxy) is 2. The molecule has 2 aromatic carbocycles. The van der Waals surface area contributed by atoms with Crippen LogP contribution in [0.1, 0.15) is 29.2 Å². The molecule has 23 heavy (non-hydrogen) atoms. The molecule has 0 radical (unpaired) electrons. The molecule has 4 heteroatoms. The van der Waals surface area contributed by atoms with Crippen LogP contribution in [0.25, 0.3) is 0 Å². The molecule has 0 atom stereocenters. The largest absolute Gasteiger partial charge is 0.493 e. The molecule has 0 aliphatic rings. The van der Waals surface area contributed by atoms with Crippen molar-refractivity contribution in [1.82, 2.24) is 5.43 Å². The number of methoxy groups -OCH3 is 2. The van der Waals surface area contributed by atoms with Crippen LogP contribution in [-0.4, -0.2) is 19.9 Å². The van der Waals surface area contributed by atoms with Gasteiger partial charge in [-0.05, 0) is 50.1 Å². The Hall–Kier alpha value is -2.49. The summed E-state index contributed by atoms with van der Waals surface area (Å²) < 4.78 is 10.6. The number of nitrogens with one attached hydrogen (secondary N) is 1. The van der Waals surface area contributed by atoms with Gasteiger partial charge in [0, 0.05) is 5.56 Å². The fourth-order valence-electron chi connectivity index (χ4n) is 2.43. The number of aryl methyl sites for hydroxylation is 2. The van der Waals surface area contributed by atoms with E-state index in [0.717, 1.165) is 22.8 Å². The average Bonchev–Trinajstić information content (AvgIpc) is 2.56. The van der Waals surface area contributed by atoms with Crippen LogP contribution in [0.4, 0.5) is 0 Å². The molecule has 0 saturated heterocycles. The lowest BCUT2D eigenvalue weighted by atomic mass is 10.0. The minimum absolute atomic E-state index is 0.628. The zero-order chi connectivity index (χ0) is 16.8. The maximum atomic E-state index is 5.31. The summed E-state index contributed by atoms with van der Waals surface area (Å²) >= 11 is 0. The van der Waals surface area contributed by atoms with Gasteiger partial charge in [-0.25, -0.2) is 0 Å². The highest BCUT2D eigenvalue weighted by Crippen LogP contribution is 2.27. The first-order valence-electron chi connectivity index (χ1n) is 7.61. The van der Waals surface area contributed by atoms with Gasteiger partial charge in [-0.15, -0.1) is 0 Å². The molecule has 4 nitrogen and oxygen atoms in total. The Kier molecular flexibility index (Phi) is 5.63. The van der Waals surface area contributed by atoms with Crippen LogP contribution >= 0.6 is 0 Å². The Morgan fingerprint density at radius 3 is 2.43 bits per heavy atom. The zero-order valence-corrected chi connectivity index (χ0v) is 14.4. The van der Waals surface area contributed by atoms with E-state index >= 15 is 0 Å². The summed E-state index contributed by atoms with van der Waals surface area (Å²) in [5.74, 6) is 1.45. The topological polar surface area (TPSA) is 42.8 Å². The monoisotopic (exact) mass is 312 g/mol. The minimum atomic E-state index is 0.628. The van der Waals surface area contributed by atoms with Crippen molar-refractivity contribution in [2.24, 2.45) is 5.10 Å². The smallest absolute Gasteiger partial charge is 0.161 e. The SMILES string of the molecule is COc1ccc(CN/N=C(/C)c2cc(C)ccc2C)cc1OC. The van der Waals surface area contributed by atoms with Crippen molar-refractivity contribution in [3.8, 4) is 11.5 Å². The molecule has 122 valence electrons. The van der Waals surface area contributed by atoms with Crippen molar-refractivity contribution in [2.45, 2.75) is 27.3 Å². The van der Waals surface area contributed by atoms with Crippen molar-refractivity contribution in [2.75, 3.05) is 14.2 Å². The van der Waals surface area contributed by atoms with Gasteiger partial charge in [-0.1, -0.05) is 23.8 Å². The number of hydrazone groups is 1. The molecule has 0 aromatic heterocycles. The van der Waals surface area contributed by atoms with Crippen molar-refractivity contribution in [3.05, 3.63) is 58.7 Å². The van der Waals surface area contributed by atoms with Gasteiger partial charge in [0.05, 0.1) is 26.5 Å². The summed E-state index contributed by atoms with van der Waals surface area (Å²) in [6, 6.07) is 12.2. The lowest BCUT2D eigenvalue weighted by Gasteiger charge is -2.10. The normalized spacial score (nSPS) is 11.3. The number of nitrogens with zero attached hydrogens (tertiary/aromatic N) is 1. The van der Waals surface area contributed by atoms with Crippen molar-refractivity contribution in [3.63, 3.8) is 0 Å². The van der Waals surface area contributed by atoms with Crippen molar-refractivity contribution >= 4 is 5.71 Å². The predicted octanol–water partition coefficient (Wildman–Crippen LogP) is 3.83. The van der Waals surface area contributed by atoms with E-state index in [1.807, 2.05) is 25.1 Å². The van der Waals surface area contributed by atoms with E-state index in [2.05, 4.69) is 42.6 Å². The lowest BCUT2D eigenvalue weighted by molar-refractivity contribution is 0.354. The van der Waals surface area contributed by atoms with Crippen LogP contribution in [0.2, 0.25) is 0 Å². The number of benzene rings is 2. The molecule has 0 bridgehead atoms. The van der Waals surface area contributed by atoms with Gasteiger partial charge >= 0.3 is 0 Å². The van der Waals surface area contributed by atoms with E-state index in [9.17, 15) is 0 Å². The highest BCUT2D eigenvalue weighted by atomic mass is 16.5. The fourth-order valence-corrected chi connectivity index (χ4v) is 2.43. The fraction of sp³-hybridized carbons (Fsp3) is 0.316. The summed E-state index contributed by atoms with van der Waals surface area (Å²) in [5, 5.41) is 4.48. The second-order valence-corrected chi connectivity index (χ2v) is 5.54. The molecule has 2 aromatic rings. The zero-order valence-electron chi connectivity index (χ0n) is 14.4. The Morgan fingerprint density at radius 1 is 1.00 bits per heavy atom. The first-order valence-corrected chi connectivity index (χ1v) is 7.61. The summed E-state index contributed by atoms with van der Waals surface area (Å²) in [5.41, 5.74) is 8.82. The van der Waals surface area contributed by atoms with Gasteiger partial charge < -0.3 is 14.9 Å². The molecule has 0 heterocycles. The van der Waals surface area contributed by atoms with Gasteiger partial charge in [0.1, 0.15) is 0 Å². The Bertz CT molecular complexity index is 709. The van der Waals surface area contributed by atoms with E-state index in [-0.39, 0.29) is 0 Å². The number of hydrogen-bond donors (Lipinski definition) is 1. The van der Waals surface area contributed by atoms with Gasteiger partial charge in [0.15, 0.2) is 11.5 Å². The third kappa shape index (κ3) is 4.25. The first-order chi connectivity index (χ1) is 11.0. The molecular formula is C19H24N2O2. The predicted molar refractivity (Wildman–Crippen MR) is 94.5 cm³/mol. The Morgan fingerprint density at radius 2 is 1.74 bits per heavy atom. The third-order valence-electron chi connectivity index (χ3n) is 3.76. The van der Waals surface area contributed by atoms with Gasteiger partial charge in [0.2, 0.25) is 0 Å². The maximum absolute atomic E-state index is 5.31. The molecule has 0 unspecified atom stereocenters. The quantitative estimate of drug-likeness (QED) is 0.651. The van der Waals surface area contributed by atoms with E-state index in [1.165, 1.54) is 16.7 Å². The van der Waals surface area contributed by atoms with Gasteiger partial charge in [-0.2, -0.15) is 5.10 Å². The van der Waals surface area contributed by atoms with Crippen LogP contribution in [0, 0.1) is 13.8 Å². The molecule has 0 fully saturated rings. The summed E-state index contributed by atoms with van der Waals surface area (Å²) in [4.78, 5) is 0. The molecule has 1 N–H and O–H groups in total. The molecule has 0 saturated carbocycles. The van der Waals surface area contributed by atoms with Crippen molar-refractivity contribution < 1.29 is 9.47 Å². The van der Waals surface area contributed by atoms with Crippen LogP contribution in [-0.2, 0) is 6.54 Å². The van der Waals surface area contributed by atoms with E-state index in [0.29, 0.717) is 6.54 Å². The summed E-state index contributed by atoms with van der Waals surface area (Å²) in [6.07, 6.45) is 0. The van der Waals surface area contributed by atoms with Crippen LogP contribution in [0.5, 0.6) is 11.5 Å². The first kappa shape index (κ1) is 16.9. The highest BCUT2D eigenvalue weighted by Gasteiger charge is 2.05. The summed E-state index contributed by atoms with van der Waals surface area (Å²) in [7, 11) is 3.27. The highest BCUT2D eigenvalue weighted by molar-refractivity contribution is 5.99. The van der Waals surface area contributed by atoms with Crippen molar-refractivity contribution in [1.29, 1.82) is 0 Å². The van der Waals surface area contributed by atoms with Crippen LogP contribution < -0.4 is 14.9 Å².